The summed E-state index contributed by atoms with van der Waals surface area (Å²) in [5.41, 5.74) is 0.335. The van der Waals surface area contributed by atoms with Crippen LogP contribution < -0.4 is 4.90 Å². The Hall–Kier alpha value is -3.92. The first-order chi connectivity index (χ1) is 23.4. The van der Waals surface area contributed by atoms with E-state index in [4.69, 9.17) is 21.5 Å². The van der Waals surface area contributed by atoms with E-state index in [1.54, 1.807) is 11.8 Å². The van der Waals surface area contributed by atoms with E-state index in [9.17, 15) is 40.7 Å². The van der Waals surface area contributed by atoms with E-state index in [2.05, 4.69) is 9.88 Å². The Morgan fingerprint density at radius 3 is 2.08 bits per heavy atom. The molecule has 3 aliphatic heterocycles. The molecule has 3 saturated heterocycles. The Bertz CT molecular complexity index is 1550. The van der Waals surface area contributed by atoms with Crippen molar-refractivity contribution in [2.24, 2.45) is 17.8 Å². The summed E-state index contributed by atoms with van der Waals surface area (Å²) in [5.74, 6) is -3.09. The number of carboxylic acid groups (broad SMARTS) is 1. The smallest absolute Gasteiger partial charge is 0.475 e. The molecule has 0 spiro atoms. The van der Waals surface area contributed by atoms with Crippen molar-refractivity contribution in [2.45, 2.75) is 45.5 Å². The number of carboxylic acids is 1. The highest BCUT2D eigenvalue weighted by molar-refractivity contribution is 6.31. The molecule has 5 rings (SSSR count). The van der Waals surface area contributed by atoms with Gasteiger partial charge in [-0.1, -0.05) is 17.7 Å². The van der Waals surface area contributed by atoms with Crippen molar-refractivity contribution in [1.29, 1.82) is 0 Å². The number of nitrogens with zero attached hydrogens (tertiary/aromatic N) is 5. The molecule has 4 heterocycles. The molecule has 274 valence electrons. The minimum Gasteiger partial charge on any atom is -0.475 e. The van der Waals surface area contributed by atoms with Crippen molar-refractivity contribution in [1.82, 2.24) is 19.7 Å². The van der Waals surface area contributed by atoms with Crippen LogP contribution in [0.25, 0.3) is 0 Å². The molecule has 17 heteroatoms. The van der Waals surface area contributed by atoms with Gasteiger partial charge in [-0.2, -0.15) is 26.3 Å². The Kier molecular flexibility index (Phi) is 12.4. The van der Waals surface area contributed by atoms with Crippen LogP contribution in [0.5, 0.6) is 0 Å². The van der Waals surface area contributed by atoms with Gasteiger partial charge in [-0.3, -0.25) is 19.4 Å². The molecule has 2 aromatic rings. The highest BCUT2D eigenvalue weighted by Gasteiger charge is 2.44. The molecule has 0 saturated carbocycles. The summed E-state index contributed by atoms with van der Waals surface area (Å²) in [4.78, 5) is 58.6. The Balaban J connectivity index is 0.000000727. The number of likely N-dealkylation sites (tertiary alicyclic amines) is 3. The lowest BCUT2D eigenvalue weighted by Gasteiger charge is -2.34. The predicted octanol–water partition coefficient (Wildman–Crippen LogP) is 5.38. The fourth-order valence-corrected chi connectivity index (χ4v) is 6.83. The van der Waals surface area contributed by atoms with Crippen molar-refractivity contribution in [3.63, 3.8) is 0 Å². The molecule has 3 amide bonds. The van der Waals surface area contributed by atoms with Crippen LogP contribution in [0.1, 0.15) is 47.7 Å². The van der Waals surface area contributed by atoms with Gasteiger partial charge in [0.1, 0.15) is 0 Å². The van der Waals surface area contributed by atoms with Crippen LogP contribution in [-0.4, -0.2) is 107 Å². The first-order valence-electron chi connectivity index (χ1n) is 16.0. The summed E-state index contributed by atoms with van der Waals surface area (Å²) >= 11 is 6.42. The van der Waals surface area contributed by atoms with Crippen LogP contribution >= 0.6 is 11.6 Å². The number of carbonyl (C=O) groups is 4. The zero-order valence-electron chi connectivity index (χ0n) is 27.4. The average Bonchev–Trinajstić information content (AvgIpc) is 3.63. The number of hydrogen-bond acceptors (Lipinski definition) is 6. The molecule has 3 aliphatic rings. The lowest BCUT2D eigenvalue weighted by atomic mass is 9.94. The van der Waals surface area contributed by atoms with E-state index in [0.29, 0.717) is 50.6 Å². The molecule has 0 bridgehead atoms. The van der Waals surface area contributed by atoms with Gasteiger partial charge in [0.25, 0.3) is 5.91 Å². The van der Waals surface area contributed by atoms with Crippen LogP contribution in [0.4, 0.5) is 32.0 Å². The zero-order valence-corrected chi connectivity index (χ0v) is 28.2. The zero-order chi connectivity index (χ0) is 37.0. The fourth-order valence-electron chi connectivity index (χ4n) is 6.65. The van der Waals surface area contributed by atoms with Crippen molar-refractivity contribution in [2.75, 3.05) is 57.3 Å². The molecule has 1 aromatic heterocycles. The van der Waals surface area contributed by atoms with Crippen molar-refractivity contribution >= 4 is 41.0 Å². The number of aryl methyl sites for hydroxylation is 1. The quantitative estimate of drug-likeness (QED) is 0.380. The summed E-state index contributed by atoms with van der Waals surface area (Å²) in [5, 5.41) is 7.72. The summed E-state index contributed by atoms with van der Waals surface area (Å²) in [7, 11) is 0. The molecule has 50 heavy (non-hydrogen) atoms. The number of hydrogen-bond donors (Lipinski definition) is 1. The lowest BCUT2D eigenvalue weighted by Crippen LogP contribution is -2.44. The van der Waals surface area contributed by atoms with Gasteiger partial charge in [0, 0.05) is 81.8 Å². The number of rotatable bonds is 7. The first-order valence-corrected chi connectivity index (χ1v) is 16.4. The van der Waals surface area contributed by atoms with Gasteiger partial charge in [-0.15, -0.1) is 0 Å². The third-order valence-corrected chi connectivity index (χ3v) is 9.73. The molecule has 10 nitrogen and oxygen atoms in total. The molecule has 1 aromatic carbocycles. The second-order valence-electron chi connectivity index (χ2n) is 12.8. The normalized spacial score (nSPS) is 19.9. The fraction of sp³-hybridized carbons (Fsp3) is 0.545. The average molecular weight is 734 g/mol. The van der Waals surface area contributed by atoms with Crippen molar-refractivity contribution in [3.8, 4) is 0 Å². The number of alkyl halides is 6. The number of pyridine rings is 1. The van der Waals surface area contributed by atoms with Gasteiger partial charge in [0.2, 0.25) is 11.8 Å². The number of fused-ring (bicyclic) bond motifs is 1. The van der Waals surface area contributed by atoms with Gasteiger partial charge in [0.05, 0.1) is 11.1 Å². The minimum absolute atomic E-state index is 0.0269. The molecular weight excluding hydrogens is 696 g/mol. The second-order valence-corrected chi connectivity index (χ2v) is 13.2. The van der Waals surface area contributed by atoms with E-state index < -0.39 is 35.4 Å². The number of anilines is 1. The van der Waals surface area contributed by atoms with E-state index in [-0.39, 0.29) is 29.6 Å². The van der Waals surface area contributed by atoms with Crippen molar-refractivity contribution < 1.29 is 50.6 Å². The number of benzene rings is 1. The molecule has 1 N–H and O–H groups in total. The maximum absolute atomic E-state index is 13.7. The van der Waals surface area contributed by atoms with Gasteiger partial charge >= 0.3 is 18.3 Å². The molecule has 2 atom stereocenters. The number of aromatic nitrogens is 1. The van der Waals surface area contributed by atoms with Crippen LogP contribution in [0.15, 0.2) is 36.7 Å². The third kappa shape index (κ3) is 9.65. The molecule has 3 fully saturated rings. The molecular formula is C33H38ClF6N5O5. The van der Waals surface area contributed by atoms with Gasteiger partial charge in [-0.25, -0.2) is 4.79 Å². The van der Waals surface area contributed by atoms with E-state index >= 15 is 0 Å². The summed E-state index contributed by atoms with van der Waals surface area (Å²) in [6, 6.07) is 6.51. The monoisotopic (exact) mass is 733 g/mol. The Labute approximate surface area is 290 Å². The third-order valence-electron chi connectivity index (χ3n) is 9.33. The first kappa shape index (κ1) is 38.9. The lowest BCUT2D eigenvalue weighted by molar-refractivity contribution is -0.192. The van der Waals surface area contributed by atoms with E-state index in [1.807, 2.05) is 30.0 Å². The molecule has 0 aliphatic carbocycles. The number of halogens is 7. The molecule has 0 radical (unpaired) electrons. The standard InChI is InChI=1S/C31H37ClF3N5O3.C2HF3O2/c1-20-4-5-25(14-28(20)32)40(29(42)22-7-12-38(13-8-22)21(2)41)11-3-10-37-16-23-18-39(19-24(23)17-37)30(43)26-15-36-9-6-27(26)31(33,34)35;3-2(4,5)1(6)7/h4-6,9,14-15,22-24H,3,7-8,10-13,16-19H2,1-2H3;(H,6,7). The van der Waals surface area contributed by atoms with E-state index in [1.165, 1.54) is 4.90 Å². The predicted molar refractivity (Wildman–Crippen MR) is 170 cm³/mol. The minimum atomic E-state index is -5.08. The second kappa shape index (κ2) is 16.0. The molecule has 2 unspecified atom stereocenters. The highest BCUT2D eigenvalue weighted by atomic mass is 35.5. The number of aliphatic carboxylic acids is 1. The SMILES string of the molecule is CC(=O)N1CCC(C(=O)N(CCCN2CC3CN(C(=O)c4cnccc4C(F)(F)F)CC3C2)c2ccc(C)c(Cl)c2)CC1.O=C(O)C(F)(F)F. The van der Waals surface area contributed by atoms with E-state index in [0.717, 1.165) is 55.8 Å². The maximum atomic E-state index is 13.7. The number of carbonyl (C=O) groups excluding carboxylic acids is 3. The maximum Gasteiger partial charge on any atom is 0.490 e. The van der Waals surface area contributed by atoms with Gasteiger partial charge in [0.15, 0.2) is 0 Å². The van der Waals surface area contributed by atoms with Gasteiger partial charge in [-0.05, 0) is 68.3 Å². The van der Waals surface area contributed by atoms with Crippen LogP contribution in [0.2, 0.25) is 5.02 Å². The Morgan fingerprint density at radius 2 is 1.56 bits per heavy atom. The van der Waals surface area contributed by atoms with Crippen LogP contribution in [0, 0.1) is 24.7 Å². The topological polar surface area (TPSA) is 114 Å². The van der Waals surface area contributed by atoms with Crippen LogP contribution in [-0.2, 0) is 20.6 Å². The van der Waals surface area contributed by atoms with Crippen LogP contribution in [0.3, 0.4) is 0 Å². The largest absolute Gasteiger partial charge is 0.490 e. The Morgan fingerprint density at radius 1 is 0.960 bits per heavy atom. The summed E-state index contributed by atoms with van der Waals surface area (Å²) in [6.07, 6.45) is -5.66. The highest BCUT2D eigenvalue weighted by Crippen LogP contribution is 2.36. The number of piperidine rings is 1. The summed E-state index contributed by atoms with van der Waals surface area (Å²) < 4.78 is 72.1. The summed E-state index contributed by atoms with van der Waals surface area (Å²) in [6.45, 7) is 8.22. The van der Waals surface area contributed by atoms with Crippen molar-refractivity contribution in [3.05, 3.63) is 58.4 Å². The number of amides is 3. The van der Waals surface area contributed by atoms with Gasteiger partial charge < -0.3 is 24.7 Å².